The van der Waals surface area contributed by atoms with Crippen molar-refractivity contribution in [3.8, 4) is 5.75 Å². The maximum atomic E-state index is 13.2. The third-order valence-electron chi connectivity index (χ3n) is 4.49. The van der Waals surface area contributed by atoms with Crippen molar-refractivity contribution in [2.24, 2.45) is 0 Å². The van der Waals surface area contributed by atoms with Crippen molar-refractivity contribution in [3.05, 3.63) is 58.9 Å². The van der Waals surface area contributed by atoms with Crippen molar-refractivity contribution in [2.45, 2.75) is 24.7 Å². The van der Waals surface area contributed by atoms with E-state index in [0.29, 0.717) is 5.56 Å². The van der Waals surface area contributed by atoms with Crippen LogP contribution in [0.2, 0.25) is 5.02 Å². The second-order valence-electron chi connectivity index (χ2n) is 6.70. The minimum atomic E-state index is -4.88. The number of hydrogen-bond donors (Lipinski definition) is 2. The molecule has 168 valence electrons. The summed E-state index contributed by atoms with van der Waals surface area (Å²) in [6.07, 6.45) is -0.134. The van der Waals surface area contributed by atoms with Gasteiger partial charge in [-0.1, -0.05) is 23.7 Å². The Labute approximate surface area is 183 Å². The summed E-state index contributed by atoms with van der Waals surface area (Å²) in [6, 6.07) is 7.01. The van der Waals surface area contributed by atoms with E-state index < -0.39 is 38.9 Å². The van der Waals surface area contributed by atoms with Gasteiger partial charge in [-0.3, -0.25) is 23.2 Å². The second-order valence-corrected chi connectivity index (χ2v) is 12.1. The molecule has 31 heavy (non-hydrogen) atoms. The van der Waals surface area contributed by atoms with Crippen LogP contribution >= 0.6 is 26.6 Å². The molecular weight excluding hydrogens is 472 g/mol. The lowest BCUT2D eigenvalue weighted by molar-refractivity contribution is -0.0439. The standard InChI is InChI=1S/C18H20ClNO9P2/c1-3-26-17(21)27-15-7-6-13(9-14(15)19)16-28-30(2,23)18(22,31(24,25)29-16)10-12-5-4-8-20-11-12/h4-9,11,16,22H,3,10H2,1-2H3,(H,24,25). The summed E-state index contributed by atoms with van der Waals surface area (Å²) in [5.74, 6) is -0.0281. The summed E-state index contributed by atoms with van der Waals surface area (Å²) in [5.41, 5.74) is 0.497. The van der Waals surface area contributed by atoms with Crippen LogP contribution in [-0.2, 0) is 29.3 Å². The third kappa shape index (κ3) is 4.86. The number of rotatable bonds is 5. The normalized spacial score (nSPS) is 30.5. The van der Waals surface area contributed by atoms with Gasteiger partial charge in [-0.05, 0) is 30.7 Å². The minimum absolute atomic E-state index is 0.0281. The first-order chi connectivity index (χ1) is 14.5. The van der Waals surface area contributed by atoms with Gasteiger partial charge in [0.15, 0.2) is 12.0 Å². The van der Waals surface area contributed by atoms with Gasteiger partial charge < -0.3 is 19.5 Å². The number of pyridine rings is 1. The number of hydrogen-bond acceptors (Lipinski definition) is 9. The molecule has 2 heterocycles. The lowest BCUT2D eigenvalue weighted by Gasteiger charge is -2.43. The summed E-state index contributed by atoms with van der Waals surface area (Å²) in [5, 5.41) is 8.22. The number of aliphatic hydroxyl groups is 1. The van der Waals surface area contributed by atoms with Crippen LogP contribution in [0.1, 0.15) is 24.3 Å². The molecule has 1 fully saturated rings. The second kappa shape index (κ2) is 9.00. The molecule has 2 aromatic rings. The molecule has 4 atom stereocenters. The molecular formula is C18H20ClNO9P2. The van der Waals surface area contributed by atoms with Crippen LogP contribution < -0.4 is 4.74 Å². The van der Waals surface area contributed by atoms with Crippen LogP contribution in [0.25, 0.3) is 0 Å². The first-order valence-electron chi connectivity index (χ1n) is 9.02. The Hall–Kier alpha value is -1.77. The zero-order chi connectivity index (χ0) is 22.9. The lowest BCUT2D eigenvalue weighted by Crippen LogP contribution is -2.37. The Morgan fingerprint density at radius 3 is 2.65 bits per heavy atom. The van der Waals surface area contributed by atoms with Gasteiger partial charge in [-0.2, -0.15) is 0 Å². The van der Waals surface area contributed by atoms with E-state index in [2.05, 4.69) is 9.72 Å². The summed E-state index contributed by atoms with van der Waals surface area (Å²) in [7, 11) is -9.02. The van der Waals surface area contributed by atoms with Crippen LogP contribution in [0.3, 0.4) is 0 Å². The fraction of sp³-hybridized carbons (Fsp3) is 0.333. The average Bonchev–Trinajstić information content (AvgIpc) is 2.68. The number of ether oxygens (including phenoxy) is 2. The molecule has 0 radical (unpaired) electrons. The van der Waals surface area contributed by atoms with Gasteiger partial charge in [0, 0.05) is 31.0 Å². The number of halogens is 1. The Morgan fingerprint density at radius 1 is 1.32 bits per heavy atom. The van der Waals surface area contributed by atoms with Gasteiger partial charge in [0.2, 0.25) is 12.5 Å². The van der Waals surface area contributed by atoms with Gasteiger partial charge >= 0.3 is 13.8 Å². The number of carbonyl (C=O) groups excluding carboxylic acids is 1. The van der Waals surface area contributed by atoms with Crippen LogP contribution in [0.4, 0.5) is 4.79 Å². The number of aromatic nitrogens is 1. The van der Waals surface area contributed by atoms with Gasteiger partial charge in [0.25, 0.3) is 0 Å². The van der Waals surface area contributed by atoms with Gasteiger partial charge in [0.1, 0.15) is 0 Å². The van der Waals surface area contributed by atoms with Gasteiger partial charge in [-0.25, -0.2) is 4.79 Å². The van der Waals surface area contributed by atoms with Crippen LogP contribution in [0.5, 0.6) is 5.75 Å². The predicted molar refractivity (Wildman–Crippen MR) is 110 cm³/mol. The molecule has 0 aliphatic carbocycles. The smallest absolute Gasteiger partial charge is 0.434 e. The van der Waals surface area contributed by atoms with E-state index >= 15 is 0 Å². The SMILES string of the molecule is CCOC(=O)Oc1ccc(C2OP(C)(=O)C(O)(Cc3cccnc3)P(=O)(O)O2)cc1Cl. The largest absolute Gasteiger partial charge is 0.513 e. The molecule has 1 aliphatic rings. The number of nitrogens with zero attached hydrogens (tertiary/aromatic N) is 1. The first kappa shape index (κ1) is 23.9. The van der Waals surface area contributed by atoms with E-state index in [-0.39, 0.29) is 22.9 Å². The molecule has 0 amide bonds. The molecule has 0 saturated carbocycles. The topological polar surface area (TPSA) is 141 Å². The van der Waals surface area contributed by atoms with Crippen molar-refractivity contribution in [3.63, 3.8) is 0 Å². The molecule has 1 aromatic heterocycles. The summed E-state index contributed by atoms with van der Waals surface area (Å²) >= 11 is 6.10. The quantitative estimate of drug-likeness (QED) is 0.353. The minimum Gasteiger partial charge on any atom is -0.434 e. The molecule has 13 heteroatoms. The molecule has 1 aliphatic heterocycles. The van der Waals surface area contributed by atoms with Crippen molar-refractivity contribution < 1.29 is 42.4 Å². The number of carbonyl (C=O) groups is 1. The summed E-state index contributed by atoms with van der Waals surface area (Å²) in [6.45, 7) is 2.77. The van der Waals surface area contributed by atoms with Crippen molar-refractivity contribution in [2.75, 3.05) is 13.3 Å². The Kier molecular flexibility index (Phi) is 6.93. The molecule has 4 unspecified atom stereocenters. The highest BCUT2D eigenvalue weighted by atomic mass is 35.5. The monoisotopic (exact) mass is 491 g/mol. The predicted octanol–water partition coefficient (Wildman–Crippen LogP) is 4.30. The van der Waals surface area contributed by atoms with E-state index in [0.717, 1.165) is 6.66 Å². The van der Waals surface area contributed by atoms with Crippen LogP contribution in [0, 0.1) is 0 Å². The van der Waals surface area contributed by atoms with E-state index in [4.69, 9.17) is 25.4 Å². The first-order valence-corrected chi connectivity index (χ1v) is 13.0. The molecule has 10 nitrogen and oxygen atoms in total. The molecule has 3 rings (SSSR count). The van der Waals surface area contributed by atoms with Crippen molar-refractivity contribution in [1.29, 1.82) is 0 Å². The summed E-state index contributed by atoms with van der Waals surface area (Å²) < 4.78 is 46.4. The highest BCUT2D eigenvalue weighted by Gasteiger charge is 2.64. The van der Waals surface area contributed by atoms with Crippen LogP contribution in [0.15, 0.2) is 42.7 Å². The highest BCUT2D eigenvalue weighted by molar-refractivity contribution is 7.75. The highest BCUT2D eigenvalue weighted by Crippen LogP contribution is 2.79. The fourth-order valence-electron chi connectivity index (χ4n) is 2.86. The molecule has 1 saturated heterocycles. The lowest BCUT2D eigenvalue weighted by atomic mass is 10.2. The van der Waals surface area contributed by atoms with Crippen molar-refractivity contribution >= 4 is 32.7 Å². The van der Waals surface area contributed by atoms with E-state index in [1.165, 1.54) is 30.6 Å². The number of benzene rings is 1. The van der Waals surface area contributed by atoms with Gasteiger partial charge in [-0.15, -0.1) is 0 Å². The molecule has 0 bridgehead atoms. The summed E-state index contributed by atoms with van der Waals surface area (Å²) in [4.78, 5) is 25.8. The molecule has 2 N–H and O–H groups in total. The third-order valence-corrected chi connectivity index (χ3v) is 10.2. The van der Waals surface area contributed by atoms with Crippen molar-refractivity contribution in [1.82, 2.24) is 4.98 Å². The zero-order valence-corrected chi connectivity index (χ0v) is 19.0. The molecule has 0 spiro atoms. The molecule has 1 aromatic carbocycles. The van der Waals surface area contributed by atoms with E-state index in [9.17, 15) is 23.9 Å². The average molecular weight is 492 g/mol. The zero-order valence-electron chi connectivity index (χ0n) is 16.5. The van der Waals surface area contributed by atoms with E-state index in [1.807, 2.05) is 0 Å². The Bertz CT molecular complexity index is 1040. The maximum absolute atomic E-state index is 13.2. The maximum Gasteiger partial charge on any atom is 0.513 e. The Morgan fingerprint density at radius 2 is 2.06 bits per heavy atom. The van der Waals surface area contributed by atoms with Crippen LogP contribution in [-0.4, -0.2) is 39.5 Å². The fourth-order valence-corrected chi connectivity index (χ4v) is 7.41. The Balaban J connectivity index is 1.87. The van der Waals surface area contributed by atoms with E-state index in [1.54, 1.807) is 19.1 Å². The van der Waals surface area contributed by atoms with Gasteiger partial charge in [0.05, 0.1) is 11.6 Å².